The molecule has 0 spiro atoms. The van der Waals surface area contributed by atoms with Gasteiger partial charge in [-0.2, -0.15) is 0 Å². The average molecular weight is 354 g/mol. The van der Waals surface area contributed by atoms with Gasteiger partial charge in [-0.1, -0.05) is 28.1 Å². The summed E-state index contributed by atoms with van der Waals surface area (Å²) < 4.78 is 0.922. The van der Waals surface area contributed by atoms with Crippen molar-refractivity contribution in [2.45, 2.75) is 0 Å². The molecule has 1 aromatic carbocycles. The molecule has 3 rings (SSSR count). The zero-order valence-electron chi connectivity index (χ0n) is 11.6. The number of pyridine rings is 2. The molecule has 0 atom stereocenters. The van der Waals surface area contributed by atoms with E-state index in [1.165, 1.54) is 4.90 Å². The van der Waals surface area contributed by atoms with E-state index in [-0.39, 0.29) is 5.91 Å². The van der Waals surface area contributed by atoms with Gasteiger partial charge in [0.2, 0.25) is 0 Å². The number of amides is 1. The molecule has 0 radical (unpaired) electrons. The molecule has 1 amide bonds. The van der Waals surface area contributed by atoms with E-state index in [0.29, 0.717) is 17.2 Å². The normalized spacial score (nSPS) is 10.2. The second-order valence-electron chi connectivity index (χ2n) is 4.52. The molecule has 0 N–H and O–H groups in total. The fourth-order valence-electron chi connectivity index (χ4n) is 2.02. The molecule has 0 aliphatic heterocycles. The summed E-state index contributed by atoms with van der Waals surface area (Å²) in [6.07, 6.45) is 3.31. The molecule has 0 saturated carbocycles. The van der Waals surface area contributed by atoms with Crippen molar-refractivity contribution in [3.8, 4) is 0 Å². The Bertz CT molecular complexity index is 721. The maximum Gasteiger partial charge on any atom is 0.265 e. The number of carbonyl (C=O) groups is 1. The van der Waals surface area contributed by atoms with E-state index in [0.717, 1.165) is 4.47 Å². The first-order chi connectivity index (χ1) is 10.8. The zero-order chi connectivity index (χ0) is 15.4. The first-order valence-electron chi connectivity index (χ1n) is 6.68. The van der Waals surface area contributed by atoms with Crippen LogP contribution in [0.5, 0.6) is 0 Å². The monoisotopic (exact) mass is 353 g/mol. The lowest BCUT2D eigenvalue weighted by molar-refractivity contribution is 0.0998. The smallest absolute Gasteiger partial charge is 0.265 e. The minimum absolute atomic E-state index is 0.176. The Hall–Kier alpha value is -2.53. The molecule has 5 heteroatoms. The van der Waals surface area contributed by atoms with Gasteiger partial charge in [-0.05, 0) is 48.5 Å². The molecule has 3 aromatic rings. The number of hydrogen-bond acceptors (Lipinski definition) is 3. The lowest BCUT2D eigenvalue weighted by Gasteiger charge is -2.20. The summed E-state index contributed by atoms with van der Waals surface area (Å²) in [6, 6.07) is 18.1. The van der Waals surface area contributed by atoms with Crippen molar-refractivity contribution in [3.63, 3.8) is 0 Å². The number of anilines is 2. The molecule has 0 bridgehead atoms. The third kappa shape index (κ3) is 3.04. The Balaban J connectivity index is 2.06. The van der Waals surface area contributed by atoms with Crippen LogP contribution in [0.1, 0.15) is 10.4 Å². The largest absolute Gasteiger partial charge is 0.268 e. The number of nitrogens with zero attached hydrogens (tertiary/aromatic N) is 3. The number of halogens is 1. The third-order valence-corrected chi connectivity index (χ3v) is 3.58. The topological polar surface area (TPSA) is 46.1 Å². The van der Waals surface area contributed by atoms with Gasteiger partial charge in [-0.3, -0.25) is 4.79 Å². The highest BCUT2D eigenvalue weighted by molar-refractivity contribution is 9.10. The van der Waals surface area contributed by atoms with Crippen LogP contribution < -0.4 is 4.90 Å². The Morgan fingerprint density at radius 2 is 1.36 bits per heavy atom. The molecular weight excluding hydrogens is 342 g/mol. The van der Waals surface area contributed by atoms with Crippen molar-refractivity contribution in [2.24, 2.45) is 0 Å². The minimum atomic E-state index is -0.176. The summed E-state index contributed by atoms with van der Waals surface area (Å²) in [6.45, 7) is 0. The maximum atomic E-state index is 12.9. The van der Waals surface area contributed by atoms with E-state index in [4.69, 9.17) is 0 Å². The van der Waals surface area contributed by atoms with Crippen LogP contribution in [-0.4, -0.2) is 15.9 Å². The molecule has 2 aromatic heterocycles. The first kappa shape index (κ1) is 14.4. The molecule has 0 aliphatic carbocycles. The Morgan fingerprint density at radius 3 is 1.82 bits per heavy atom. The van der Waals surface area contributed by atoms with Gasteiger partial charge < -0.3 is 0 Å². The number of aromatic nitrogens is 2. The second kappa shape index (κ2) is 6.49. The quantitative estimate of drug-likeness (QED) is 0.708. The summed E-state index contributed by atoms with van der Waals surface area (Å²) in [5.41, 5.74) is 0.569. The van der Waals surface area contributed by atoms with Crippen molar-refractivity contribution in [3.05, 3.63) is 83.1 Å². The van der Waals surface area contributed by atoms with Gasteiger partial charge in [0.1, 0.15) is 11.6 Å². The van der Waals surface area contributed by atoms with Crippen LogP contribution in [0.2, 0.25) is 0 Å². The Morgan fingerprint density at radius 1 is 0.818 bits per heavy atom. The predicted molar refractivity (Wildman–Crippen MR) is 89.1 cm³/mol. The van der Waals surface area contributed by atoms with Crippen molar-refractivity contribution in [1.29, 1.82) is 0 Å². The van der Waals surface area contributed by atoms with E-state index < -0.39 is 0 Å². The van der Waals surface area contributed by atoms with Gasteiger partial charge in [0.15, 0.2) is 0 Å². The van der Waals surface area contributed by atoms with Crippen LogP contribution in [0.15, 0.2) is 77.5 Å². The first-order valence-corrected chi connectivity index (χ1v) is 7.47. The number of benzene rings is 1. The lowest BCUT2D eigenvalue weighted by atomic mass is 10.2. The lowest BCUT2D eigenvalue weighted by Crippen LogP contribution is -2.27. The minimum Gasteiger partial charge on any atom is -0.268 e. The fourth-order valence-corrected chi connectivity index (χ4v) is 2.28. The van der Waals surface area contributed by atoms with E-state index in [1.807, 2.05) is 36.4 Å². The van der Waals surface area contributed by atoms with Crippen LogP contribution in [0.3, 0.4) is 0 Å². The molecule has 22 heavy (non-hydrogen) atoms. The third-order valence-electron chi connectivity index (χ3n) is 3.05. The Labute approximate surface area is 136 Å². The van der Waals surface area contributed by atoms with E-state index in [9.17, 15) is 4.79 Å². The molecule has 4 nitrogen and oxygen atoms in total. The second-order valence-corrected chi connectivity index (χ2v) is 5.44. The highest BCUT2D eigenvalue weighted by atomic mass is 79.9. The van der Waals surface area contributed by atoms with E-state index in [1.54, 1.807) is 36.7 Å². The van der Waals surface area contributed by atoms with E-state index in [2.05, 4.69) is 25.9 Å². The Kier molecular flexibility index (Phi) is 4.25. The van der Waals surface area contributed by atoms with Crippen molar-refractivity contribution in [2.75, 3.05) is 4.90 Å². The van der Waals surface area contributed by atoms with Crippen LogP contribution in [0.4, 0.5) is 11.6 Å². The van der Waals surface area contributed by atoms with Crippen LogP contribution in [-0.2, 0) is 0 Å². The van der Waals surface area contributed by atoms with Gasteiger partial charge in [0, 0.05) is 22.4 Å². The number of carbonyl (C=O) groups excluding carboxylic acids is 1. The summed E-state index contributed by atoms with van der Waals surface area (Å²) in [5, 5.41) is 0. The van der Waals surface area contributed by atoms with Crippen LogP contribution in [0.25, 0.3) is 0 Å². The van der Waals surface area contributed by atoms with Crippen molar-refractivity contribution in [1.82, 2.24) is 9.97 Å². The molecule has 0 unspecified atom stereocenters. The SMILES string of the molecule is O=C(c1ccc(Br)cc1)N(c1ccccn1)c1ccccn1. The van der Waals surface area contributed by atoms with Gasteiger partial charge in [-0.15, -0.1) is 0 Å². The summed E-state index contributed by atoms with van der Waals surface area (Å²) in [7, 11) is 0. The molecule has 0 saturated heterocycles. The van der Waals surface area contributed by atoms with Gasteiger partial charge in [0.25, 0.3) is 5.91 Å². The number of rotatable bonds is 3. The summed E-state index contributed by atoms with van der Waals surface area (Å²) in [4.78, 5) is 22.9. The molecule has 0 fully saturated rings. The van der Waals surface area contributed by atoms with Crippen molar-refractivity contribution >= 4 is 33.5 Å². The highest BCUT2D eigenvalue weighted by Crippen LogP contribution is 2.24. The summed E-state index contributed by atoms with van der Waals surface area (Å²) in [5.74, 6) is 0.896. The molecule has 2 heterocycles. The van der Waals surface area contributed by atoms with Gasteiger partial charge in [-0.25, -0.2) is 14.9 Å². The number of hydrogen-bond donors (Lipinski definition) is 0. The van der Waals surface area contributed by atoms with Crippen molar-refractivity contribution < 1.29 is 4.79 Å². The molecule has 0 aliphatic rings. The highest BCUT2D eigenvalue weighted by Gasteiger charge is 2.21. The molecule has 108 valence electrons. The fraction of sp³-hybridized carbons (Fsp3) is 0. The van der Waals surface area contributed by atoms with Gasteiger partial charge in [0.05, 0.1) is 0 Å². The summed E-state index contributed by atoms with van der Waals surface area (Å²) >= 11 is 3.37. The zero-order valence-corrected chi connectivity index (χ0v) is 13.1. The average Bonchev–Trinajstić information content (AvgIpc) is 2.57. The molecular formula is C17H12BrN3O. The predicted octanol–water partition coefficient (Wildman–Crippen LogP) is 4.22. The van der Waals surface area contributed by atoms with Crippen LogP contribution >= 0.6 is 15.9 Å². The van der Waals surface area contributed by atoms with E-state index >= 15 is 0 Å². The standard InChI is InChI=1S/C17H12BrN3O/c18-14-9-7-13(8-10-14)17(22)21(15-5-1-3-11-19-15)16-6-2-4-12-20-16/h1-12H. The van der Waals surface area contributed by atoms with Gasteiger partial charge >= 0.3 is 0 Å². The van der Waals surface area contributed by atoms with Crippen LogP contribution in [0, 0.1) is 0 Å². The maximum absolute atomic E-state index is 12.9.